The summed E-state index contributed by atoms with van der Waals surface area (Å²) < 4.78 is 1.10. The fraction of sp³-hybridized carbons (Fsp3) is 0.667. The van der Waals surface area contributed by atoms with E-state index < -0.39 is 0 Å². The van der Waals surface area contributed by atoms with Crippen LogP contribution in [0.15, 0.2) is 16.6 Å². The fourth-order valence-electron chi connectivity index (χ4n) is 2.87. The van der Waals surface area contributed by atoms with E-state index in [1.165, 1.54) is 25.7 Å². The summed E-state index contributed by atoms with van der Waals surface area (Å²) in [7, 11) is 0. The summed E-state index contributed by atoms with van der Waals surface area (Å²) in [5.41, 5.74) is 1.66. The molecule has 0 saturated carbocycles. The van der Waals surface area contributed by atoms with Gasteiger partial charge in [-0.1, -0.05) is 26.7 Å². The van der Waals surface area contributed by atoms with Crippen LogP contribution in [0.1, 0.15) is 45.2 Å². The molecule has 0 atom stereocenters. The summed E-state index contributed by atoms with van der Waals surface area (Å²) in [6, 6.07) is 4.24. The molecule has 1 aromatic rings. The van der Waals surface area contributed by atoms with Crippen molar-refractivity contribution in [2.75, 3.05) is 18.0 Å². The lowest BCUT2D eigenvalue weighted by Crippen LogP contribution is -2.40. The molecular weight excluding hydrogens is 288 g/mol. The molecule has 2 heterocycles. The van der Waals surface area contributed by atoms with E-state index in [1.54, 1.807) is 0 Å². The third kappa shape index (κ3) is 2.71. The Kier molecular flexibility index (Phi) is 4.31. The smallest absolute Gasteiger partial charge is 0.128 e. The largest absolute Gasteiger partial charge is 0.357 e. The summed E-state index contributed by atoms with van der Waals surface area (Å²) in [5.74, 6) is 1.14. The van der Waals surface area contributed by atoms with E-state index >= 15 is 0 Å². The van der Waals surface area contributed by atoms with Crippen molar-refractivity contribution in [2.45, 2.75) is 46.5 Å². The van der Waals surface area contributed by atoms with Crippen LogP contribution in [-0.2, 0) is 0 Å². The van der Waals surface area contributed by atoms with Gasteiger partial charge in [0.2, 0.25) is 0 Å². The lowest BCUT2D eigenvalue weighted by molar-refractivity contribution is 0.199. The van der Waals surface area contributed by atoms with Crippen LogP contribution in [0.25, 0.3) is 0 Å². The Bertz CT molecular complexity index is 403. The Morgan fingerprint density at radius 2 is 1.83 bits per heavy atom. The first-order chi connectivity index (χ1) is 8.60. The van der Waals surface area contributed by atoms with Crippen LogP contribution < -0.4 is 4.90 Å². The second-order valence-corrected chi connectivity index (χ2v) is 6.29. The highest BCUT2D eigenvalue weighted by Crippen LogP contribution is 2.38. The molecule has 0 aliphatic carbocycles. The predicted molar refractivity (Wildman–Crippen MR) is 81.1 cm³/mol. The van der Waals surface area contributed by atoms with Gasteiger partial charge in [-0.2, -0.15) is 0 Å². The normalized spacial score (nSPS) is 19.0. The molecule has 1 fully saturated rings. The van der Waals surface area contributed by atoms with Crippen molar-refractivity contribution >= 4 is 21.7 Å². The van der Waals surface area contributed by atoms with Gasteiger partial charge < -0.3 is 4.90 Å². The van der Waals surface area contributed by atoms with Gasteiger partial charge in [-0.05, 0) is 53.2 Å². The molecule has 2 rings (SSSR count). The van der Waals surface area contributed by atoms with Crippen LogP contribution in [0, 0.1) is 12.3 Å². The topological polar surface area (TPSA) is 16.1 Å². The number of hydrogen-bond acceptors (Lipinski definition) is 2. The molecule has 1 saturated heterocycles. The maximum atomic E-state index is 4.67. The minimum Gasteiger partial charge on any atom is -0.357 e. The van der Waals surface area contributed by atoms with E-state index in [0.717, 1.165) is 29.1 Å². The third-order valence-corrected chi connectivity index (χ3v) is 5.49. The highest BCUT2D eigenvalue weighted by molar-refractivity contribution is 9.10. The molecule has 1 aliphatic rings. The number of anilines is 1. The minimum atomic E-state index is 0.584. The maximum absolute atomic E-state index is 4.67. The maximum Gasteiger partial charge on any atom is 0.128 e. The first-order valence-electron chi connectivity index (χ1n) is 6.98. The minimum absolute atomic E-state index is 0.584. The van der Waals surface area contributed by atoms with Gasteiger partial charge >= 0.3 is 0 Å². The lowest BCUT2D eigenvalue weighted by Gasteiger charge is -2.41. The molecule has 0 N–H and O–H groups in total. The first-order valence-corrected chi connectivity index (χ1v) is 7.77. The molecule has 0 amide bonds. The number of aryl methyl sites for hydroxylation is 1. The average Bonchev–Trinajstić information content (AvgIpc) is 2.42. The van der Waals surface area contributed by atoms with E-state index in [0.29, 0.717) is 5.41 Å². The summed E-state index contributed by atoms with van der Waals surface area (Å²) in [5, 5.41) is 0. The van der Waals surface area contributed by atoms with Crippen molar-refractivity contribution in [3.8, 4) is 0 Å². The Balaban J connectivity index is 2.07. The SMILES string of the molecule is CCC1(CC)CCN(c2ccc(Br)c(C)n2)CC1. The molecule has 3 heteroatoms. The summed E-state index contributed by atoms with van der Waals surface area (Å²) >= 11 is 3.51. The van der Waals surface area contributed by atoms with E-state index in [2.05, 4.69) is 58.7 Å². The monoisotopic (exact) mass is 310 g/mol. The van der Waals surface area contributed by atoms with Gasteiger partial charge in [0, 0.05) is 17.6 Å². The zero-order chi connectivity index (χ0) is 13.2. The zero-order valence-corrected chi connectivity index (χ0v) is 13.3. The van der Waals surface area contributed by atoms with Crippen LogP contribution in [0.3, 0.4) is 0 Å². The van der Waals surface area contributed by atoms with Gasteiger partial charge in [0.05, 0.1) is 5.69 Å². The van der Waals surface area contributed by atoms with Crippen molar-refractivity contribution in [2.24, 2.45) is 5.41 Å². The number of hydrogen-bond donors (Lipinski definition) is 0. The highest BCUT2D eigenvalue weighted by Gasteiger charge is 2.31. The highest BCUT2D eigenvalue weighted by atomic mass is 79.9. The van der Waals surface area contributed by atoms with Crippen molar-refractivity contribution < 1.29 is 0 Å². The van der Waals surface area contributed by atoms with Crippen LogP contribution in [0.2, 0.25) is 0 Å². The number of piperidine rings is 1. The molecule has 0 aromatic carbocycles. The predicted octanol–water partition coefficient (Wildman–Crippen LogP) is 4.56. The third-order valence-electron chi connectivity index (χ3n) is 4.65. The molecule has 0 bridgehead atoms. The number of rotatable bonds is 3. The Hall–Kier alpha value is -0.570. The van der Waals surface area contributed by atoms with E-state index in [4.69, 9.17) is 0 Å². The number of halogens is 1. The fourth-order valence-corrected chi connectivity index (χ4v) is 3.10. The Morgan fingerprint density at radius 3 is 2.33 bits per heavy atom. The molecule has 2 nitrogen and oxygen atoms in total. The van der Waals surface area contributed by atoms with Crippen molar-refractivity contribution in [1.82, 2.24) is 4.98 Å². The van der Waals surface area contributed by atoms with Crippen LogP contribution in [0.5, 0.6) is 0 Å². The number of pyridine rings is 1. The molecule has 0 unspecified atom stereocenters. The van der Waals surface area contributed by atoms with E-state index in [9.17, 15) is 0 Å². The molecule has 0 spiro atoms. The van der Waals surface area contributed by atoms with Gasteiger partial charge in [-0.15, -0.1) is 0 Å². The Labute approximate surface area is 119 Å². The zero-order valence-electron chi connectivity index (χ0n) is 11.7. The van der Waals surface area contributed by atoms with Gasteiger partial charge in [0.15, 0.2) is 0 Å². The van der Waals surface area contributed by atoms with Gasteiger partial charge in [-0.25, -0.2) is 4.98 Å². The van der Waals surface area contributed by atoms with Gasteiger partial charge in [0.1, 0.15) is 5.82 Å². The molecule has 18 heavy (non-hydrogen) atoms. The molecule has 0 radical (unpaired) electrons. The number of aromatic nitrogens is 1. The summed E-state index contributed by atoms with van der Waals surface area (Å²) in [6.45, 7) is 9.02. The second-order valence-electron chi connectivity index (χ2n) is 5.43. The van der Waals surface area contributed by atoms with Crippen molar-refractivity contribution in [1.29, 1.82) is 0 Å². The van der Waals surface area contributed by atoms with Crippen molar-refractivity contribution in [3.05, 3.63) is 22.3 Å². The average molecular weight is 311 g/mol. The van der Waals surface area contributed by atoms with Gasteiger partial charge in [-0.3, -0.25) is 0 Å². The van der Waals surface area contributed by atoms with Crippen LogP contribution >= 0.6 is 15.9 Å². The molecular formula is C15H23BrN2. The van der Waals surface area contributed by atoms with E-state index in [-0.39, 0.29) is 0 Å². The Morgan fingerprint density at radius 1 is 1.22 bits per heavy atom. The molecule has 100 valence electrons. The van der Waals surface area contributed by atoms with Crippen molar-refractivity contribution in [3.63, 3.8) is 0 Å². The molecule has 1 aromatic heterocycles. The summed E-state index contributed by atoms with van der Waals surface area (Å²) in [4.78, 5) is 7.11. The number of nitrogens with zero attached hydrogens (tertiary/aromatic N) is 2. The summed E-state index contributed by atoms with van der Waals surface area (Å²) in [6.07, 6.45) is 5.22. The van der Waals surface area contributed by atoms with E-state index in [1.807, 2.05) is 0 Å². The quantitative estimate of drug-likeness (QED) is 0.813. The van der Waals surface area contributed by atoms with Crippen LogP contribution in [-0.4, -0.2) is 18.1 Å². The second kappa shape index (κ2) is 5.60. The first kappa shape index (κ1) is 13.9. The van der Waals surface area contributed by atoms with Crippen LogP contribution in [0.4, 0.5) is 5.82 Å². The molecule has 1 aliphatic heterocycles. The van der Waals surface area contributed by atoms with Gasteiger partial charge in [0.25, 0.3) is 0 Å². The standard InChI is InChI=1S/C15H23BrN2/c1-4-15(5-2)8-10-18(11-9-15)14-7-6-13(16)12(3)17-14/h6-7H,4-5,8-11H2,1-3H3. The lowest BCUT2D eigenvalue weighted by atomic mass is 9.74.